The summed E-state index contributed by atoms with van der Waals surface area (Å²) in [4.78, 5) is 48.0. The molecule has 0 aliphatic carbocycles. The maximum absolute atomic E-state index is 12.8. The van der Waals surface area contributed by atoms with Crippen LogP contribution in [-0.2, 0) is 19.1 Å². The molecule has 9 heteroatoms. The molecule has 2 amide bonds. The van der Waals surface area contributed by atoms with E-state index in [1.165, 1.54) is 9.80 Å². The highest BCUT2D eigenvalue weighted by molar-refractivity contribution is 6.05. The van der Waals surface area contributed by atoms with Crippen LogP contribution in [0.2, 0.25) is 0 Å². The summed E-state index contributed by atoms with van der Waals surface area (Å²) >= 11 is 0. The zero-order valence-corrected chi connectivity index (χ0v) is 15.7. The Morgan fingerprint density at radius 2 is 1.96 bits per heavy atom. The molecule has 0 saturated carbocycles. The molecule has 0 radical (unpaired) electrons. The van der Waals surface area contributed by atoms with Gasteiger partial charge in [0.1, 0.15) is 6.54 Å². The minimum absolute atomic E-state index is 0.0938. The van der Waals surface area contributed by atoms with Gasteiger partial charge in [-0.15, -0.1) is 0 Å². The average molecular weight is 383 g/mol. The summed E-state index contributed by atoms with van der Waals surface area (Å²) in [5.41, 5.74) is 1.13. The Kier molecular flexibility index (Phi) is 5.83. The van der Waals surface area contributed by atoms with Crippen molar-refractivity contribution in [2.45, 2.75) is 19.4 Å². The largest absolute Gasteiger partial charge is 0.454 e. The monoisotopic (exact) mass is 383 g/mol. The van der Waals surface area contributed by atoms with Gasteiger partial charge in [-0.2, -0.15) is 0 Å². The van der Waals surface area contributed by atoms with E-state index in [1.807, 2.05) is 0 Å². The lowest BCUT2D eigenvalue weighted by Gasteiger charge is -2.27. The molecule has 3 rings (SSSR count). The van der Waals surface area contributed by atoms with Gasteiger partial charge >= 0.3 is 5.97 Å². The van der Waals surface area contributed by atoms with E-state index >= 15 is 0 Å². The Hall–Kier alpha value is -3.49. The molecule has 0 bridgehead atoms. The smallest absolute Gasteiger partial charge is 0.326 e. The highest BCUT2D eigenvalue weighted by Gasteiger charge is 2.30. The van der Waals surface area contributed by atoms with Crippen LogP contribution in [0.4, 0.5) is 17.3 Å². The summed E-state index contributed by atoms with van der Waals surface area (Å²) < 4.78 is 5.15. The number of rotatable bonds is 5. The predicted molar refractivity (Wildman–Crippen MR) is 103 cm³/mol. The molecular weight excluding hydrogens is 362 g/mol. The van der Waals surface area contributed by atoms with E-state index in [4.69, 9.17) is 4.74 Å². The molecule has 1 unspecified atom stereocenters. The second kappa shape index (κ2) is 8.47. The van der Waals surface area contributed by atoms with Gasteiger partial charge in [0.25, 0.3) is 5.91 Å². The number of hydrogen-bond acceptors (Lipinski definition) is 7. The van der Waals surface area contributed by atoms with E-state index in [1.54, 1.807) is 56.7 Å². The fourth-order valence-corrected chi connectivity index (χ4v) is 2.98. The van der Waals surface area contributed by atoms with Gasteiger partial charge in [-0.05, 0) is 25.1 Å². The third kappa shape index (κ3) is 4.43. The van der Waals surface area contributed by atoms with Crippen LogP contribution in [0.1, 0.15) is 13.3 Å². The van der Waals surface area contributed by atoms with Crippen molar-refractivity contribution in [3.8, 4) is 0 Å². The third-order valence-corrected chi connectivity index (χ3v) is 4.24. The van der Waals surface area contributed by atoms with Crippen molar-refractivity contribution >= 4 is 35.1 Å². The van der Waals surface area contributed by atoms with Crippen LogP contribution < -0.4 is 15.1 Å². The van der Waals surface area contributed by atoms with Gasteiger partial charge in [0, 0.05) is 31.9 Å². The molecule has 146 valence electrons. The van der Waals surface area contributed by atoms with Gasteiger partial charge in [0.05, 0.1) is 11.4 Å². The van der Waals surface area contributed by atoms with Crippen molar-refractivity contribution in [2.24, 2.45) is 0 Å². The molecule has 28 heavy (non-hydrogen) atoms. The van der Waals surface area contributed by atoms with Gasteiger partial charge in [-0.3, -0.25) is 14.4 Å². The lowest BCUT2D eigenvalue weighted by molar-refractivity contribution is -0.146. The standard InChI is InChI=1S/C19H21N5O4/c1-13-10-16(25)22-14-6-3-4-7-15(14)24(13)17(26)12-28-18(27)11-23(2)19-20-8-5-9-21-19/h3-9,13H,10-12H2,1-2H3,(H,22,25). The Bertz CT molecular complexity index is 874. The number of nitrogens with zero attached hydrogens (tertiary/aromatic N) is 4. The first-order chi connectivity index (χ1) is 13.5. The molecule has 2 heterocycles. The number of ether oxygens (including phenoxy) is 1. The number of para-hydroxylation sites is 2. The van der Waals surface area contributed by atoms with Crippen LogP contribution in [0.15, 0.2) is 42.7 Å². The molecule has 0 saturated heterocycles. The van der Waals surface area contributed by atoms with E-state index in [2.05, 4.69) is 15.3 Å². The van der Waals surface area contributed by atoms with Crippen LogP contribution in [0.5, 0.6) is 0 Å². The summed E-state index contributed by atoms with van der Waals surface area (Å²) in [5.74, 6) is -0.765. The van der Waals surface area contributed by atoms with E-state index in [9.17, 15) is 14.4 Å². The number of amides is 2. The molecule has 0 fully saturated rings. The first-order valence-corrected chi connectivity index (χ1v) is 8.80. The maximum Gasteiger partial charge on any atom is 0.326 e. The van der Waals surface area contributed by atoms with Crippen molar-refractivity contribution in [3.63, 3.8) is 0 Å². The van der Waals surface area contributed by atoms with Gasteiger partial charge in [-0.25, -0.2) is 9.97 Å². The molecule has 1 N–H and O–H groups in total. The number of hydrogen-bond donors (Lipinski definition) is 1. The summed E-state index contributed by atoms with van der Waals surface area (Å²) in [6.45, 7) is 1.26. The predicted octanol–water partition coefficient (Wildman–Crippen LogP) is 1.22. The number of benzene rings is 1. The Morgan fingerprint density at radius 3 is 2.71 bits per heavy atom. The third-order valence-electron chi connectivity index (χ3n) is 4.24. The molecule has 1 aromatic heterocycles. The summed E-state index contributed by atoms with van der Waals surface area (Å²) in [6, 6.07) is 8.34. The summed E-state index contributed by atoms with van der Waals surface area (Å²) in [6.07, 6.45) is 3.30. The van der Waals surface area contributed by atoms with E-state index in [0.29, 0.717) is 17.3 Å². The fourth-order valence-electron chi connectivity index (χ4n) is 2.98. The van der Waals surface area contributed by atoms with E-state index in [0.717, 1.165) is 0 Å². The van der Waals surface area contributed by atoms with Crippen LogP contribution >= 0.6 is 0 Å². The minimum Gasteiger partial charge on any atom is -0.454 e. The van der Waals surface area contributed by atoms with Crippen molar-refractivity contribution in [1.82, 2.24) is 9.97 Å². The number of fused-ring (bicyclic) bond motifs is 1. The molecule has 1 atom stereocenters. The number of aromatic nitrogens is 2. The van der Waals surface area contributed by atoms with Crippen molar-refractivity contribution in [1.29, 1.82) is 0 Å². The summed E-state index contributed by atoms with van der Waals surface area (Å²) in [5, 5.41) is 2.79. The number of esters is 1. The zero-order chi connectivity index (χ0) is 20.1. The molecule has 1 aromatic carbocycles. The van der Waals surface area contributed by atoms with Crippen LogP contribution in [0, 0.1) is 0 Å². The number of carbonyl (C=O) groups is 3. The highest BCUT2D eigenvalue weighted by atomic mass is 16.5. The SMILES string of the molecule is CC1CC(=O)Nc2ccccc2N1C(=O)COC(=O)CN(C)c1ncccn1. The first-order valence-electron chi connectivity index (χ1n) is 8.80. The van der Waals surface area contributed by atoms with Crippen molar-refractivity contribution in [3.05, 3.63) is 42.7 Å². The van der Waals surface area contributed by atoms with Crippen LogP contribution in [0.3, 0.4) is 0 Å². The first kappa shape index (κ1) is 19.3. The number of carbonyl (C=O) groups excluding carboxylic acids is 3. The Morgan fingerprint density at radius 1 is 1.25 bits per heavy atom. The molecule has 9 nitrogen and oxygen atoms in total. The van der Waals surface area contributed by atoms with Gasteiger partial charge in [0.2, 0.25) is 11.9 Å². The quantitative estimate of drug-likeness (QED) is 0.774. The van der Waals surface area contributed by atoms with Crippen molar-refractivity contribution < 1.29 is 19.1 Å². The summed E-state index contributed by atoms with van der Waals surface area (Å²) in [7, 11) is 1.66. The number of likely N-dealkylation sites (N-methyl/N-ethyl adjacent to an activating group) is 1. The van der Waals surface area contributed by atoms with E-state index in [-0.39, 0.29) is 24.9 Å². The molecule has 0 spiro atoms. The number of anilines is 3. The average Bonchev–Trinajstić information content (AvgIpc) is 2.81. The van der Waals surface area contributed by atoms with Crippen molar-refractivity contribution in [2.75, 3.05) is 35.3 Å². The Balaban J connectivity index is 1.64. The minimum atomic E-state index is -0.576. The topological polar surface area (TPSA) is 105 Å². The lowest BCUT2D eigenvalue weighted by atomic mass is 10.1. The van der Waals surface area contributed by atoms with Gasteiger partial charge in [0.15, 0.2) is 6.61 Å². The van der Waals surface area contributed by atoms with Crippen LogP contribution in [0.25, 0.3) is 0 Å². The van der Waals surface area contributed by atoms with Gasteiger partial charge < -0.3 is 19.9 Å². The zero-order valence-electron chi connectivity index (χ0n) is 15.7. The van der Waals surface area contributed by atoms with E-state index < -0.39 is 18.5 Å². The fraction of sp³-hybridized carbons (Fsp3) is 0.316. The molecule has 1 aliphatic heterocycles. The lowest BCUT2D eigenvalue weighted by Crippen LogP contribution is -2.42. The number of nitrogens with one attached hydrogen (secondary N) is 1. The maximum atomic E-state index is 12.8. The van der Waals surface area contributed by atoms with Crippen LogP contribution in [-0.4, -0.2) is 54.0 Å². The highest BCUT2D eigenvalue weighted by Crippen LogP contribution is 2.31. The second-order valence-electron chi connectivity index (χ2n) is 6.45. The normalized spacial score (nSPS) is 15.9. The van der Waals surface area contributed by atoms with Gasteiger partial charge in [-0.1, -0.05) is 12.1 Å². The Labute approximate surface area is 162 Å². The molecule has 2 aromatic rings. The second-order valence-corrected chi connectivity index (χ2v) is 6.45. The molecular formula is C19H21N5O4. The molecule has 1 aliphatic rings.